The summed E-state index contributed by atoms with van der Waals surface area (Å²) in [5, 5.41) is 2.91. The van der Waals surface area contributed by atoms with Gasteiger partial charge in [-0.1, -0.05) is 6.08 Å². The lowest BCUT2D eigenvalue weighted by Gasteiger charge is -2.11. The van der Waals surface area contributed by atoms with Crippen LogP contribution >= 0.6 is 0 Å². The summed E-state index contributed by atoms with van der Waals surface area (Å²) < 4.78 is 0. The fourth-order valence-electron chi connectivity index (χ4n) is 0.831. The van der Waals surface area contributed by atoms with Gasteiger partial charge in [-0.3, -0.25) is 4.79 Å². The molecule has 0 fully saturated rings. The van der Waals surface area contributed by atoms with E-state index in [2.05, 4.69) is 5.32 Å². The average molecular weight is 126 g/mol. The summed E-state index contributed by atoms with van der Waals surface area (Å²) in [6.07, 6.45) is 3.90. The van der Waals surface area contributed by atoms with Crippen molar-refractivity contribution < 1.29 is 4.79 Å². The number of carbonyl (C=O) groups excluding carboxylic acids is 1. The minimum Gasteiger partial charge on any atom is -0.381 e. The first kappa shape index (κ1) is 6.13. The van der Waals surface area contributed by atoms with Crippen LogP contribution in [-0.2, 0) is 4.79 Å². The molecule has 0 spiro atoms. The van der Waals surface area contributed by atoms with Crippen LogP contribution in [0.4, 0.5) is 0 Å². The number of nitrogens with one attached hydrogen (secondary N) is 1. The van der Waals surface area contributed by atoms with Crippen molar-refractivity contribution in [2.24, 2.45) is 5.73 Å². The van der Waals surface area contributed by atoms with Gasteiger partial charge in [-0.15, -0.1) is 0 Å². The van der Waals surface area contributed by atoms with Crippen LogP contribution in [0.5, 0.6) is 0 Å². The monoisotopic (exact) mass is 126 g/mol. The molecule has 0 bridgehead atoms. The Labute approximate surface area is 53.9 Å². The van der Waals surface area contributed by atoms with E-state index in [4.69, 9.17) is 5.73 Å². The first-order valence-electron chi connectivity index (χ1n) is 3.04. The molecule has 1 rings (SSSR count). The number of hydrogen-bond acceptors (Lipinski definition) is 2. The summed E-state index contributed by atoms with van der Waals surface area (Å²) >= 11 is 0. The highest BCUT2D eigenvalue weighted by molar-refractivity contribution is 5.91. The van der Waals surface area contributed by atoms with Crippen LogP contribution in [0.15, 0.2) is 11.8 Å². The van der Waals surface area contributed by atoms with Gasteiger partial charge in [0.25, 0.3) is 5.91 Å². The first-order chi connectivity index (χ1) is 4.30. The van der Waals surface area contributed by atoms with Gasteiger partial charge in [-0.05, 0) is 12.8 Å². The lowest BCUT2D eigenvalue weighted by Crippen LogP contribution is -2.29. The molecular weight excluding hydrogens is 116 g/mol. The Kier molecular flexibility index (Phi) is 1.72. The summed E-state index contributed by atoms with van der Waals surface area (Å²) in [6.45, 7) is 0.870. The van der Waals surface area contributed by atoms with E-state index in [-0.39, 0.29) is 5.91 Å². The van der Waals surface area contributed by atoms with Crippen molar-refractivity contribution in [3.05, 3.63) is 11.8 Å². The van der Waals surface area contributed by atoms with Crippen molar-refractivity contribution in [2.45, 2.75) is 12.8 Å². The first-order valence-corrected chi connectivity index (χ1v) is 3.04. The Hall–Kier alpha value is -0.990. The van der Waals surface area contributed by atoms with Crippen LogP contribution in [0.2, 0.25) is 0 Å². The highest BCUT2D eigenvalue weighted by Gasteiger charge is 2.05. The molecule has 0 atom stereocenters. The van der Waals surface area contributed by atoms with Crippen LogP contribution in [0, 0.1) is 0 Å². The van der Waals surface area contributed by atoms with Crippen molar-refractivity contribution in [3.8, 4) is 0 Å². The highest BCUT2D eigenvalue weighted by Crippen LogP contribution is 2.01. The summed E-state index contributed by atoms with van der Waals surface area (Å²) in [5.74, 6) is -0.352. The molecule has 3 heteroatoms. The van der Waals surface area contributed by atoms with Gasteiger partial charge < -0.3 is 11.1 Å². The van der Waals surface area contributed by atoms with Gasteiger partial charge in [0.05, 0.1) is 5.70 Å². The van der Waals surface area contributed by atoms with Crippen LogP contribution in [0.3, 0.4) is 0 Å². The summed E-state index contributed by atoms with van der Waals surface area (Å²) in [7, 11) is 0. The van der Waals surface area contributed by atoms with E-state index in [1.807, 2.05) is 6.08 Å². The average Bonchev–Trinajstić information content (AvgIpc) is 1.90. The molecule has 0 aliphatic carbocycles. The Balaban J connectivity index is 2.57. The number of rotatable bonds is 1. The molecule has 1 heterocycles. The van der Waals surface area contributed by atoms with E-state index in [9.17, 15) is 4.79 Å². The number of hydrogen-bond donors (Lipinski definition) is 2. The smallest absolute Gasteiger partial charge is 0.264 e. The maximum atomic E-state index is 10.4. The number of allylic oxidation sites excluding steroid dienone is 1. The molecule has 0 aromatic rings. The Morgan fingerprint density at radius 2 is 2.56 bits per heavy atom. The third kappa shape index (κ3) is 1.45. The molecule has 1 aliphatic heterocycles. The lowest BCUT2D eigenvalue weighted by molar-refractivity contribution is -0.115. The van der Waals surface area contributed by atoms with E-state index in [0.717, 1.165) is 19.4 Å². The van der Waals surface area contributed by atoms with Gasteiger partial charge in [-0.2, -0.15) is 0 Å². The number of primary amides is 1. The predicted molar refractivity (Wildman–Crippen MR) is 34.5 cm³/mol. The van der Waals surface area contributed by atoms with Crippen molar-refractivity contribution in [2.75, 3.05) is 6.54 Å². The molecular formula is C6H10N2O. The van der Waals surface area contributed by atoms with E-state index in [1.165, 1.54) is 0 Å². The molecule has 0 saturated heterocycles. The second kappa shape index (κ2) is 2.53. The zero-order valence-corrected chi connectivity index (χ0v) is 5.18. The molecule has 0 saturated carbocycles. The SMILES string of the molecule is NC(=O)C1=CCCCN1. The van der Waals surface area contributed by atoms with E-state index < -0.39 is 0 Å². The molecule has 3 nitrogen and oxygen atoms in total. The molecule has 1 aliphatic rings. The molecule has 0 unspecified atom stereocenters. The lowest BCUT2D eigenvalue weighted by atomic mass is 10.2. The van der Waals surface area contributed by atoms with Crippen molar-refractivity contribution in [3.63, 3.8) is 0 Å². The summed E-state index contributed by atoms with van der Waals surface area (Å²) in [5.41, 5.74) is 5.57. The van der Waals surface area contributed by atoms with Gasteiger partial charge in [0, 0.05) is 6.54 Å². The Morgan fingerprint density at radius 3 is 2.89 bits per heavy atom. The summed E-state index contributed by atoms with van der Waals surface area (Å²) in [6, 6.07) is 0. The minimum atomic E-state index is -0.352. The van der Waals surface area contributed by atoms with Crippen LogP contribution < -0.4 is 11.1 Å². The Bertz CT molecular complexity index is 151. The molecule has 3 N–H and O–H groups in total. The molecule has 9 heavy (non-hydrogen) atoms. The molecule has 0 aromatic carbocycles. The normalized spacial score (nSPS) is 18.0. The standard InChI is InChI=1S/C6H10N2O/c7-6(9)5-3-1-2-4-8-5/h3,8H,1-2,4H2,(H2,7,9). The maximum Gasteiger partial charge on any atom is 0.264 e. The van der Waals surface area contributed by atoms with Crippen molar-refractivity contribution in [1.82, 2.24) is 5.32 Å². The van der Waals surface area contributed by atoms with Crippen molar-refractivity contribution in [1.29, 1.82) is 0 Å². The van der Waals surface area contributed by atoms with Gasteiger partial charge in [0.1, 0.15) is 0 Å². The largest absolute Gasteiger partial charge is 0.381 e. The van der Waals surface area contributed by atoms with Gasteiger partial charge >= 0.3 is 0 Å². The topological polar surface area (TPSA) is 55.1 Å². The van der Waals surface area contributed by atoms with Gasteiger partial charge in [-0.25, -0.2) is 0 Å². The fourth-order valence-corrected chi connectivity index (χ4v) is 0.831. The second-order valence-corrected chi connectivity index (χ2v) is 2.05. The molecule has 1 amide bonds. The van der Waals surface area contributed by atoms with Gasteiger partial charge in [0.2, 0.25) is 0 Å². The van der Waals surface area contributed by atoms with E-state index in [1.54, 1.807) is 0 Å². The number of nitrogens with two attached hydrogens (primary N) is 1. The molecule has 50 valence electrons. The highest BCUT2D eigenvalue weighted by atomic mass is 16.1. The van der Waals surface area contributed by atoms with Crippen molar-refractivity contribution >= 4 is 5.91 Å². The van der Waals surface area contributed by atoms with E-state index in [0.29, 0.717) is 5.70 Å². The summed E-state index contributed by atoms with van der Waals surface area (Å²) in [4.78, 5) is 10.4. The third-order valence-electron chi connectivity index (χ3n) is 1.31. The quantitative estimate of drug-likeness (QED) is 0.508. The van der Waals surface area contributed by atoms with Crippen LogP contribution in [0.1, 0.15) is 12.8 Å². The van der Waals surface area contributed by atoms with E-state index >= 15 is 0 Å². The number of carbonyl (C=O) groups is 1. The van der Waals surface area contributed by atoms with Gasteiger partial charge in [0.15, 0.2) is 0 Å². The van der Waals surface area contributed by atoms with Crippen LogP contribution in [-0.4, -0.2) is 12.5 Å². The zero-order valence-electron chi connectivity index (χ0n) is 5.18. The fraction of sp³-hybridized carbons (Fsp3) is 0.500. The Morgan fingerprint density at radius 1 is 1.78 bits per heavy atom. The zero-order chi connectivity index (χ0) is 6.69. The third-order valence-corrected chi connectivity index (χ3v) is 1.31. The maximum absolute atomic E-state index is 10.4. The minimum absolute atomic E-state index is 0.352. The second-order valence-electron chi connectivity index (χ2n) is 2.05. The molecule has 0 radical (unpaired) electrons. The molecule has 0 aromatic heterocycles. The van der Waals surface area contributed by atoms with Crippen LogP contribution in [0.25, 0.3) is 0 Å². The predicted octanol–water partition coefficient (Wildman–Crippen LogP) is -0.261. The number of amides is 1.